The number of rotatable bonds is 3. The number of carbonyl (C=O) groups excluding carboxylic acids is 1. The molecule has 0 aliphatic carbocycles. The fraction of sp³-hybridized carbons (Fsp3) is 0.667. The quantitative estimate of drug-likeness (QED) is 0.895. The fourth-order valence-electron chi connectivity index (χ4n) is 2.32. The van der Waals surface area contributed by atoms with Crippen molar-refractivity contribution >= 4 is 17.2 Å². The van der Waals surface area contributed by atoms with Gasteiger partial charge in [0.15, 0.2) is 0 Å². The third-order valence-corrected chi connectivity index (χ3v) is 4.08. The van der Waals surface area contributed by atoms with Crippen LogP contribution in [-0.4, -0.2) is 40.1 Å². The minimum atomic E-state index is 0.0775. The fourth-order valence-corrected chi connectivity index (χ4v) is 3.05. The lowest BCUT2D eigenvalue weighted by Crippen LogP contribution is -2.43. The van der Waals surface area contributed by atoms with Crippen LogP contribution >= 0.6 is 11.3 Å². The summed E-state index contributed by atoms with van der Waals surface area (Å²) in [5, 5.41) is 9.97. The van der Waals surface area contributed by atoms with Gasteiger partial charge in [-0.25, -0.2) is 4.98 Å². The van der Waals surface area contributed by atoms with Crippen molar-refractivity contribution in [1.29, 1.82) is 0 Å². The molecule has 0 spiro atoms. The molecule has 1 amide bonds. The standard InChI is InChI=1S/C12H18N2O2S/c1-9-13-8-11(17-9)12(16)14-6-3-2-4-10(14)5-7-15/h8,10,15H,2-7H2,1H3. The van der Waals surface area contributed by atoms with E-state index >= 15 is 0 Å². The van der Waals surface area contributed by atoms with Gasteiger partial charge in [0.1, 0.15) is 4.88 Å². The molecule has 2 heterocycles. The molecule has 2 rings (SSSR count). The van der Waals surface area contributed by atoms with Gasteiger partial charge in [-0.2, -0.15) is 0 Å². The first kappa shape index (κ1) is 12.5. The predicted octanol–water partition coefficient (Wildman–Crippen LogP) is 1.83. The molecule has 0 bridgehead atoms. The Balaban J connectivity index is 2.10. The average molecular weight is 254 g/mol. The minimum absolute atomic E-state index is 0.0775. The number of aliphatic hydroxyl groups is 1. The van der Waals surface area contributed by atoms with E-state index in [4.69, 9.17) is 5.11 Å². The minimum Gasteiger partial charge on any atom is -0.396 e. The number of nitrogens with zero attached hydrogens (tertiary/aromatic N) is 2. The summed E-state index contributed by atoms with van der Waals surface area (Å²) in [6, 6.07) is 0.198. The second-order valence-electron chi connectivity index (χ2n) is 4.40. The van der Waals surface area contributed by atoms with E-state index in [1.54, 1.807) is 6.20 Å². The first-order valence-corrected chi connectivity index (χ1v) is 6.88. The predicted molar refractivity (Wildman–Crippen MR) is 67.2 cm³/mol. The van der Waals surface area contributed by atoms with Gasteiger partial charge in [0, 0.05) is 19.2 Å². The Labute approximate surface area is 105 Å². The summed E-state index contributed by atoms with van der Waals surface area (Å²) in [6.07, 6.45) is 5.56. The van der Waals surface area contributed by atoms with Crippen molar-refractivity contribution in [1.82, 2.24) is 9.88 Å². The Morgan fingerprint density at radius 3 is 3.12 bits per heavy atom. The molecule has 94 valence electrons. The van der Waals surface area contributed by atoms with Crippen LogP contribution in [0.2, 0.25) is 0 Å². The second-order valence-corrected chi connectivity index (χ2v) is 5.64. The van der Waals surface area contributed by atoms with Crippen LogP contribution in [0, 0.1) is 6.92 Å². The van der Waals surface area contributed by atoms with Crippen molar-refractivity contribution < 1.29 is 9.90 Å². The summed E-state index contributed by atoms with van der Waals surface area (Å²) < 4.78 is 0. The zero-order valence-electron chi connectivity index (χ0n) is 10.1. The summed E-state index contributed by atoms with van der Waals surface area (Å²) in [5.74, 6) is 0.0775. The van der Waals surface area contributed by atoms with E-state index in [1.165, 1.54) is 11.3 Å². The number of hydrogen-bond donors (Lipinski definition) is 1. The summed E-state index contributed by atoms with van der Waals surface area (Å²) >= 11 is 1.44. The van der Waals surface area contributed by atoms with Gasteiger partial charge in [-0.1, -0.05) is 0 Å². The van der Waals surface area contributed by atoms with Gasteiger partial charge in [-0.15, -0.1) is 11.3 Å². The number of amides is 1. The van der Waals surface area contributed by atoms with Gasteiger partial charge in [-0.05, 0) is 32.6 Å². The number of aliphatic hydroxyl groups excluding tert-OH is 1. The Bertz CT molecular complexity index is 390. The molecule has 0 aromatic carbocycles. The van der Waals surface area contributed by atoms with Gasteiger partial charge < -0.3 is 10.0 Å². The van der Waals surface area contributed by atoms with Gasteiger partial charge in [0.25, 0.3) is 5.91 Å². The lowest BCUT2D eigenvalue weighted by atomic mass is 9.99. The number of aromatic nitrogens is 1. The zero-order valence-corrected chi connectivity index (χ0v) is 10.9. The van der Waals surface area contributed by atoms with E-state index in [0.717, 1.165) is 30.8 Å². The Morgan fingerprint density at radius 2 is 2.47 bits per heavy atom. The van der Waals surface area contributed by atoms with Gasteiger partial charge in [-0.3, -0.25) is 4.79 Å². The molecule has 1 aliphatic rings. The van der Waals surface area contributed by atoms with Crippen LogP contribution in [0.3, 0.4) is 0 Å². The number of thiazole rings is 1. The van der Waals surface area contributed by atoms with Crippen LogP contribution in [0.5, 0.6) is 0 Å². The molecule has 1 aromatic heterocycles. The molecule has 1 unspecified atom stereocenters. The highest BCUT2D eigenvalue weighted by Crippen LogP contribution is 2.23. The lowest BCUT2D eigenvalue weighted by Gasteiger charge is -2.35. The SMILES string of the molecule is Cc1ncc(C(=O)N2CCCCC2CCO)s1. The molecule has 0 radical (unpaired) electrons. The van der Waals surface area contributed by atoms with Crippen molar-refractivity contribution in [2.45, 2.75) is 38.6 Å². The maximum absolute atomic E-state index is 12.3. The van der Waals surface area contributed by atoms with Gasteiger partial charge in [0.05, 0.1) is 11.2 Å². The lowest BCUT2D eigenvalue weighted by molar-refractivity contribution is 0.0579. The highest BCUT2D eigenvalue weighted by molar-refractivity contribution is 7.13. The van der Waals surface area contributed by atoms with E-state index in [0.29, 0.717) is 11.3 Å². The van der Waals surface area contributed by atoms with E-state index in [2.05, 4.69) is 4.98 Å². The van der Waals surface area contributed by atoms with Crippen LogP contribution in [0.4, 0.5) is 0 Å². The summed E-state index contributed by atoms with van der Waals surface area (Å²) in [7, 11) is 0. The largest absolute Gasteiger partial charge is 0.396 e. The highest BCUT2D eigenvalue weighted by Gasteiger charge is 2.27. The maximum Gasteiger partial charge on any atom is 0.265 e. The molecule has 4 nitrogen and oxygen atoms in total. The van der Waals surface area contributed by atoms with Gasteiger partial charge >= 0.3 is 0 Å². The third-order valence-electron chi connectivity index (χ3n) is 3.18. The van der Waals surface area contributed by atoms with E-state index < -0.39 is 0 Å². The second kappa shape index (κ2) is 5.60. The van der Waals surface area contributed by atoms with Crippen LogP contribution in [0.1, 0.15) is 40.4 Å². The Morgan fingerprint density at radius 1 is 1.65 bits per heavy atom. The van der Waals surface area contributed by atoms with Crippen molar-refractivity contribution in [3.8, 4) is 0 Å². The number of likely N-dealkylation sites (tertiary alicyclic amines) is 1. The van der Waals surface area contributed by atoms with Crippen molar-refractivity contribution in [2.24, 2.45) is 0 Å². The van der Waals surface area contributed by atoms with E-state index in [1.807, 2.05) is 11.8 Å². The van der Waals surface area contributed by atoms with Crippen molar-refractivity contribution in [3.63, 3.8) is 0 Å². The maximum atomic E-state index is 12.3. The molecule has 5 heteroatoms. The van der Waals surface area contributed by atoms with Crippen molar-refractivity contribution in [3.05, 3.63) is 16.1 Å². The summed E-state index contributed by atoms with van der Waals surface area (Å²) in [4.78, 5) is 19.1. The molecule has 1 N–H and O–H groups in total. The number of hydrogen-bond acceptors (Lipinski definition) is 4. The molecule has 1 aliphatic heterocycles. The summed E-state index contributed by atoms with van der Waals surface area (Å²) in [6.45, 7) is 2.86. The Hall–Kier alpha value is -0.940. The van der Waals surface area contributed by atoms with Crippen LogP contribution in [0.15, 0.2) is 6.20 Å². The molecule has 17 heavy (non-hydrogen) atoms. The van der Waals surface area contributed by atoms with E-state index in [9.17, 15) is 4.79 Å². The first-order chi connectivity index (χ1) is 8.22. The molecule has 1 atom stereocenters. The van der Waals surface area contributed by atoms with Crippen LogP contribution in [-0.2, 0) is 0 Å². The molecule has 0 saturated carbocycles. The average Bonchev–Trinajstić information content (AvgIpc) is 2.76. The third kappa shape index (κ3) is 2.84. The van der Waals surface area contributed by atoms with Crippen LogP contribution in [0.25, 0.3) is 0 Å². The Kier molecular flexibility index (Phi) is 4.12. The highest BCUT2D eigenvalue weighted by atomic mass is 32.1. The zero-order chi connectivity index (χ0) is 12.3. The first-order valence-electron chi connectivity index (χ1n) is 6.06. The van der Waals surface area contributed by atoms with Crippen LogP contribution < -0.4 is 0 Å². The summed E-state index contributed by atoms with van der Waals surface area (Å²) in [5.41, 5.74) is 0. The monoisotopic (exact) mass is 254 g/mol. The normalized spacial score (nSPS) is 20.6. The molecular formula is C12H18N2O2S. The number of aryl methyl sites for hydroxylation is 1. The number of carbonyl (C=O) groups is 1. The van der Waals surface area contributed by atoms with Crippen molar-refractivity contribution in [2.75, 3.05) is 13.2 Å². The molecule has 1 aromatic rings. The molecular weight excluding hydrogens is 236 g/mol. The van der Waals surface area contributed by atoms with Gasteiger partial charge in [0.2, 0.25) is 0 Å². The van der Waals surface area contributed by atoms with E-state index in [-0.39, 0.29) is 18.6 Å². The smallest absolute Gasteiger partial charge is 0.265 e. The molecule has 1 saturated heterocycles. The number of piperidine rings is 1. The molecule has 1 fully saturated rings. The topological polar surface area (TPSA) is 53.4 Å².